The van der Waals surface area contributed by atoms with Crippen LogP contribution in [0.15, 0.2) is 48.5 Å². The van der Waals surface area contributed by atoms with E-state index in [9.17, 15) is 4.39 Å². The highest BCUT2D eigenvalue weighted by atomic mass is 35.5. The van der Waals surface area contributed by atoms with Crippen LogP contribution in [0.5, 0.6) is 0 Å². The van der Waals surface area contributed by atoms with Gasteiger partial charge in [0.15, 0.2) is 0 Å². The summed E-state index contributed by atoms with van der Waals surface area (Å²) in [5, 5.41) is 0.509. The first-order valence-electron chi connectivity index (χ1n) is 5.41. The number of nitrogens with two attached hydrogens (primary N) is 1. The van der Waals surface area contributed by atoms with Gasteiger partial charge in [-0.05, 0) is 35.7 Å². The summed E-state index contributed by atoms with van der Waals surface area (Å²) in [4.78, 5) is 0. The zero-order valence-corrected chi connectivity index (χ0v) is 9.99. The molecule has 2 aromatic rings. The number of hydrogen-bond donors (Lipinski definition) is 1. The van der Waals surface area contributed by atoms with E-state index >= 15 is 0 Å². The summed E-state index contributed by atoms with van der Waals surface area (Å²) < 4.78 is 13.1. The molecule has 2 rings (SSSR count). The van der Waals surface area contributed by atoms with Crippen LogP contribution in [-0.2, 0) is 6.42 Å². The van der Waals surface area contributed by atoms with Crippen molar-refractivity contribution in [2.75, 3.05) is 0 Å². The van der Waals surface area contributed by atoms with Crippen LogP contribution in [0.1, 0.15) is 17.2 Å². The third kappa shape index (κ3) is 3.05. The first kappa shape index (κ1) is 12.1. The van der Waals surface area contributed by atoms with Gasteiger partial charge in [-0.15, -0.1) is 0 Å². The van der Waals surface area contributed by atoms with Gasteiger partial charge in [0.1, 0.15) is 5.82 Å². The van der Waals surface area contributed by atoms with Gasteiger partial charge in [0.2, 0.25) is 0 Å². The topological polar surface area (TPSA) is 26.0 Å². The highest BCUT2D eigenvalue weighted by Gasteiger charge is 2.11. The minimum absolute atomic E-state index is 0.291. The molecule has 0 aliphatic carbocycles. The van der Waals surface area contributed by atoms with Crippen LogP contribution in [0.3, 0.4) is 0 Å². The van der Waals surface area contributed by atoms with Gasteiger partial charge >= 0.3 is 0 Å². The average molecular weight is 250 g/mol. The van der Waals surface area contributed by atoms with E-state index < -0.39 is 0 Å². The maximum Gasteiger partial charge on any atom is 0.123 e. The molecule has 0 aromatic heterocycles. The summed E-state index contributed by atoms with van der Waals surface area (Å²) >= 11 is 6.01. The molecule has 1 atom stereocenters. The van der Waals surface area contributed by atoms with Crippen LogP contribution in [-0.4, -0.2) is 0 Å². The average Bonchev–Trinajstić information content (AvgIpc) is 2.33. The Balaban J connectivity index is 2.20. The summed E-state index contributed by atoms with van der Waals surface area (Å²) in [5.41, 5.74) is 7.81. The zero-order valence-electron chi connectivity index (χ0n) is 9.24. The van der Waals surface area contributed by atoms with Crippen LogP contribution in [0.25, 0.3) is 0 Å². The second-order valence-corrected chi connectivity index (χ2v) is 4.37. The Morgan fingerprint density at radius 2 is 1.82 bits per heavy atom. The van der Waals surface area contributed by atoms with Crippen LogP contribution < -0.4 is 5.73 Å². The van der Waals surface area contributed by atoms with Crippen molar-refractivity contribution >= 4 is 11.6 Å². The molecule has 0 fully saturated rings. The molecule has 0 aliphatic heterocycles. The van der Waals surface area contributed by atoms with Gasteiger partial charge in [0.25, 0.3) is 0 Å². The van der Waals surface area contributed by atoms with E-state index in [4.69, 9.17) is 17.3 Å². The molecule has 3 heteroatoms. The highest BCUT2D eigenvalue weighted by molar-refractivity contribution is 6.31. The lowest BCUT2D eigenvalue weighted by Crippen LogP contribution is -2.14. The zero-order chi connectivity index (χ0) is 12.3. The Kier molecular flexibility index (Phi) is 3.77. The molecule has 1 nitrogen and oxygen atoms in total. The van der Waals surface area contributed by atoms with Gasteiger partial charge in [-0.3, -0.25) is 0 Å². The van der Waals surface area contributed by atoms with Gasteiger partial charge in [-0.2, -0.15) is 0 Å². The molecule has 0 aliphatic rings. The lowest BCUT2D eigenvalue weighted by atomic mass is 9.99. The Hall–Kier alpha value is -1.38. The quantitative estimate of drug-likeness (QED) is 0.882. The molecule has 88 valence electrons. The SMILES string of the molecule is NC(Cc1ccccc1)c1cc(F)ccc1Cl. The van der Waals surface area contributed by atoms with E-state index in [1.54, 1.807) is 0 Å². The monoisotopic (exact) mass is 249 g/mol. The van der Waals surface area contributed by atoms with Crippen molar-refractivity contribution in [3.8, 4) is 0 Å². The molecular weight excluding hydrogens is 237 g/mol. The van der Waals surface area contributed by atoms with Gasteiger partial charge in [-0.1, -0.05) is 41.9 Å². The molecule has 1 unspecified atom stereocenters. The van der Waals surface area contributed by atoms with Crippen molar-refractivity contribution in [1.82, 2.24) is 0 Å². The molecule has 0 bridgehead atoms. The highest BCUT2D eigenvalue weighted by Crippen LogP contribution is 2.24. The fourth-order valence-corrected chi connectivity index (χ4v) is 2.03. The number of benzene rings is 2. The van der Waals surface area contributed by atoms with Gasteiger partial charge in [0.05, 0.1) is 0 Å². The molecule has 0 radical (unpaired) electrons. The van der Waals surface area contributed by atoms with Crippen LogP contribution in [0.2, 0.25) is 5.02 Å². The van der Waals surface area contributed by atoms with Crippen LogP contribution >= 0.6 is 11.6 Å². The fraction of sp³-hybridized carbons (Fsp3) is 0.143. The Morgan fingerprint density at radius 3 is 2.53 bits per heavy atom. The molecule has 17 heavy (non-hydrogen) atoms. The number of halogens is 2. The summed E-state index contributed by atoms with van der Waals surface area (Å²) in [5.74, 6) is -0.312. The lowest BCUT2D eigenvalue weighted by Gasteiger charge is -2.13. The molecule has 0 amide bonds. The number of hydrogen-bond acceptors (Lipinski definition) is 1. The summed E-state index contributed by atoms with van der Waals surface area (Å²) in [6.45, 7) is 0. The molecule has 2 N–H and O–H groups in total. The Bertz CT molecular complexity index is 499. The molecule has 0 saturated heterocycles. The molecule has 0 heterocycles. The van der Waals surface area contributed by atoms with Gasteiger partial charge in [0, 0.05) is 11.1 Å². The Labute approximate surface area is 105 Å². The maximum atomic E-state index is 13.1. The standard InChI is InChI=1S/C14H13ClFN/c15-13-7-6-11(16)9-12(13)14(17)8-10-4-2-1-3-5-10/h1-7,9,14H,8,17H2. The maximum absolute atomic E-state index is 13.1. The second kappa shape index (κ2) is 5.30. The van der Waals surface area contributed by atoms with Gasteiger partial charge in [-0.25, -0.2) is 4.39 Å². The van der Waals surface area contributed by atoms with Crippen LogP contribution in [0, 0.1) is 5.82 Å². The van der Waals surface area contributed by atoms with Gasteiger partial charge < -0.3 is 5.73 Å². The minimum atomic E-state index is -0.312. The van der Waals surface area contributed by atoms with E-state index in [1.807, 2.05) is 30.3 Å². The van der Waals surface area contributed by atoms with E-state index in [0.717, 1.165) is 5.56 Å². The van der Waals surface area contributed by atoms with Crippen LogP contribution in [0.4, 0.5) is 4.39 Å². The predicted octanol–water partition coefficient (Wildman–Crippen LogP) is 3.72. The minimum Gasteiger partial charge on any atom is -0.324 e. The molecule has 0 saturated carbocycles. The number of rotatable bonds is 3. The van der Waals surface area contributed by atoms with Crippen molar-refractivity contribution in [2.45, 2.75) is 12.5 Å². The predicted molar refractivity (Wildman–Crippen MR) is 68.5 cm³/mol. The summed E-state index contributed by atoms with van der Waals surface area (Å²) in [6, 6.07) is 13.8. The Morgan fingerprint density at radius 1 is 1.12 bits per heavy atom. The normalized spacial score (nSPS) is 12.4. The molecule has 0 spiro atoms. The van der Waals surface area contributed by atoms with Crippen molar-refractivity contribution in [3.63, 3.8) is 0 Å². The van der Waals surface area contributed by atoms with Crippen molar-refractivity contribution < 1.29 is 4.39 Å². The summed E-state index contributed by atoms with van der Waals surface area (Å²) in [7, 11) is 0. The third-order valence-electron chi connectivity index (χ3n) is 2.66. The van der Waals surface area contributed by atoms with Crippen molar-refractivity contribution in [2.24, 2.45) is 5.73 Å². The van der Waals surface area contributed by atoms with Crippen molar-refractivity contribution in [1.29, 1.82) is 0 Å². The summed E-state index contributed by atoms with van der Waals surface area (Å²) in [6.07, 6.45) is 0.643. The third-order valence-corrected chi connectivity index (χ3v) is 3.00. The fourth-order valence-electron chi connectivity index (χ4n) is 1.78. The molecule has 2 aromatic carbocycles. The largest absolute Gasteiger partial charge is 0.324 e. The smallest absolute Gasteiger partial charge is 0.123 e. The van der Waals surface area contributed by atoms with E-state index in [2.05, 4.69) is 0 Å². The first-order chi connectivity index (χ1) is 8.16. The van der Waals surface area contributed by atoms with E-state index in [-0.39, 0.29) is 11.9 Å². The van der Waals surface area contributed by atoms with E-state index in [0.29, 0.717) is 17.0 Å². The van der Waals surface area contributed by atoms with E-state index in [1.165, 1.54) is 18.2 Å². The second-order valence-electron chi connectivity index (χ2n) is 3.96. The van der Waals surface area contributed by atoms with Crippen molar-refractivity contribution in [3.05, 3.63) is 70.5 Å². The first-order valence-corrected chi connectivity index (χ1v) is 5.79. The molecular formula is C14H13ClFN. The lowest BCUT2D eigenvalue weighted by molar-refractivity contribution is 0.618.